The number of anilines is 1. The Bertz CT molecular complexity index is 1290. The van der Waals surface area contributed by atoms with Crippen LogP contribution in [0.3, 0.4) is 0 Å². The molecule has 2 atom stereocenters. The molecule has 0 saturated carbocycles. The zero-order valence-corrected chi connectivity index (χ0v) is 24.5. The molecule has 43 heavy (non-hydrogen) atoms. The van der Waals surface area contributed by atoms with E-state index >= 15 is 0 Å². The van der Waals surface area contributed by atoms with Gasteiger partial charge in [-0.2, -0.15) is 0 Å². The van der Waals surface area contributed by atoms with E-state index in [1.165, 1.54) is 21.7 Å². The minimum Gasteiger partial charge on any atom is -0.392 e. The van der Waals surface area contributed by atoms with Crippen molar-refractivity contribution in [3.8, 4) is 0 Å². The minimum atomic E-state index is -0.762. The molecule has 1 aromatic carbocycles. The quantitative estimate of drug-likeness (QED) is 0.134. The van der Waals surface area contributed by atoms with Crippen molar-refractivity contribution in [1.82, 2.24) is 30.5 Å². The Hall–Kier alpha value is -4.59. The van der Waals surface area contributed by atoms with Gasteiger partial charge in [-0.25, -0.2) is 9.48 Å². The van der Waals surface area contributed by atoms with Crippen LogP contribution in [0.1, 0.15) is 75.7 Å². The number of nitrogens with one attached hydrogen (secondary N) is 3. The lowest BCUT2D eigenvalue weighted by Crippen LogP contribution is -2.32. The van der Waals surface area contributed by atoms with E-state index in [1.54, 1.807) is 30.5 Å². The SMILES string of the molecule is CC(C)[C@H](NC(=O)CCCCCN1C(=O)C=CC1=O)c1cn(C(CCCNC(N)=O)C(=O)Nc2ccc(CO)cc2)nn1. The van der Waals surface area contributed by atoms with Crippen LogP contribution in [-0.2, 0) is 25.8 Å². The fourth-order valence-electron chi connectivity index (χ4n) is 4.61. The molecule has 1 aromatic heterocycles. The number of carbonyl (C=O) groups is 5. The highest BCUT2D eigenvalue weighted by molar-refractivity contribution is 6.12. The first-order chi connectivity index (χ1) is 20.6. The molecular formula is C29H40N8O6. The molecule has 0 bridgehead atoms. The maximum Gasteiger partial charge on any atom is 0.312 e. The van der Waals surface area contributed by atoms with E-state index in [-0.39, 0.29) is 49.1 Å². The average molecular weight is 597 g/mol. The van der Waals surface area contributed by atoms with Crippen molar-refractivity contribution in [3.63, 3.8) is 0 Å². The fourth-order valence-corrected chi connectivity index (χ4v) is 4.61. The van der Waals surface area contributed by atoms with Crippen LogP contribution in [0.25, 0.3) is 0 Å². The van der Waals surface area contributed by atoms with Crippen LogP contribution in [0.4, 0.5) is 10.5 Å². The monoisotopic (exact) mass is 596 g/mol. The fraction of sp³-hybridized carbons (Fsp3) is 0.483. The van der Waals surface area contributed by atoms with Gasteiger partial charge in [0.25, 0.3) is 11.8 Å². The van der Waals surface area contributed by atoms with Gasteiger partial charge in [-0.05, 0) is 49.3 Å². The molecule has 232 valence electrons. The number of imide groups is 1. The van der Waals surface area contributed by atoms with E-state index in [2.05, 4.69) is 26.3 Å². The third kappa shape index (κ3) is 10.0. The van der Waals surface area contributed by atoms with Crippen LogP contribution < -0.4 is 21.7 Å². The van der Waals surface area contributed by atoms with Crippen molar-refractivity contribution in [2.45, 2.75) is 71.1 Å². The van der Waals surface area contributed by atoms with Gasteiger partial charge in [0, 0.05) is 37.3 Å². The van der Waals surface area contributed by atoms with Crippen molar-refractivity contribution >= 4 is 35.3 Å². The molecule has 14 heteroatoms. The van der Waals surface area contributed by atoms with Gasteiger partial charge in [0.2, 0.25) is 11.8 Å². The van der Waals surface area contributed by atoms with E-state index in [4.69, 9.17) is 5.73 Å². The van der Waals surface area contributed by atoms with Crippen molar-refractivity contribution in [3.05, 3.63) is 53.9 Å². The third-order valence-electron chi connectivity index (χ3n) is 7.00. The van der Waals surface area contributed by atoms with Crippen LogP contribution >= 0.6 is 0 Å². The van der Waals surface area contributed by atoms with Gasteiger partial charge >= 0.3 is 6.03 Å². The first-order valence-electron chi connectivity index (χ1n) is 14.4. The third-order valence-corrected chi connectivity index (χ3v) is 7.00. The number of aliphatic hydroxyl groups excluding tert-OH is 1. The molecule has 0 fully saturated rings. The highest BCUT2D eigenvalue weighted by Crippen LogP contribution is 2.23. The van der Waals surface area contributed by atoms with E-state index in [9.17, 15) is 29.1 Å². The predicted molar refractivity (Wildman–Crippen MR) is 157 cm³/mol. The van der Waals surface area contributed by atoms with Crippen molar-refractivity contribution < 1.29 is 29.1 Å². The zero-order valence-electron chi connectivity index (χ0n) is 24.5. The standard InChI is InChI=1S/C29H40N8O6/c1-19(2)27(33-24(39)8-4-3-5-16-36-25(40)13-14-26(36)41)22-17-37(35-34-22)23(7-6-15-31-29(30)43)28(42)32-21-11-9-20(18-38)10-12-21/h9-14,17,19,23,27,38H,3-8,15-16,18H2,1-2H3,(H,32,42)(H,33,39)(H3,30,31,43)/t23?,27-/m0/s1. The number of hydrogen-bond donors (Lipinski definition) is 5. The number of urea groups is 1. The lowest BCUT2D eigenvalue weighted by molar-refractivity contribution is -0.137. The van der Waals surface area contributed by atoms with Crippen LogP contribution in [0.2, 0.25) is 0 Å². The summed E-state index contributed by atoms with van der Waals surface area (Å²) in [7, 11) is 0. The molecule has 0 aliphatic carbocycles. The number of aliphatic hydroxyl groups is 1. The lowest BCUT2D eigenvalue weighted by atomic mass is 10.0. The molecule has 2 heterocycles. The van der Waals surface area contributed by atoms with Crippen molar-refractivity contribution in [2.75, 3.05) is 18.4 Å². The van der Waals surface area contributed by atoms with Crippen LogP contribution in [0, 0.1) is 5.92 Å². The van der Waals surface area contributed by atoms with E-state index in [0.29, 0.717) is 55.6 Å². The number of nitrogens with zero attached hydrogens (tertiary/aromatic N) is 4. The molecule has 1 aliphatic rings. The highest BCUT2D eigenvalue weighted by atomic mass is 16.3. The number of nitrogens with two attached hydrogens (primary N) is 1. The number of hydrogen-bond acceptors (Lipinski definition) is 8. The molecule has 0 spiro atoms. The number of primary amides is 1. The second kappa shape index (κ2) is 16.2. The molecule has 1 aliphatic heterocycles. The van der Waals surface area contributed by atoms with E-state index in [1.807, 2.05) is 13.8 Å². The number of carbonyl (C=O) groups excluding carboxylic acids is 5. The Labute approximate surface area is 250 Å². The number of aromatic nitrogens is 3. The Morgan fingerprint density at radius 2 is 1.70 bits per heavy atom. The summed E-state index contributed by atoms with van der Waals surface area (Å²) < 4.78 is 1.45. The number of benzene rings is 1. The topological polar surface area (TPSA) is 202 Å². The number of rotatable bonds is 17. The molecule has 6 N–H and O–H groups in total. The van der Waals surface area contributed by atoms with E-state index < -0.39 is 18.1 Å². The molecular weight excluding hydrogens is 556 g/mol. The highest BCUT2D eigenvalue weighted by Gasteiger charge is 2.27. The first kappa shape index (κ1) is 32.9. The number of unbranched alkanes of at least 4 members (excludes halogenated alkanes) is 2. The van der Waals surface area contributed by atoms with Crippen molar-refractivity contribution in [2.24, 2.45) is 11.7 Å². The minimum absolute atomic E-state index is 0.0223. The predicted octanol–water partition coefficient (Wildman–Crippen LogP) is 1.70. The molecule has 6 amide bonds. The Morgan fingerprint density at radius 1 is 1.00 bits per heavy atom. The summed E-state index contributed by atoms with van der Waals surface area (Å²) in [6.07, 6.45) is 7.07. The van der Waals surface area contributed by atoms with E-state index in [0.717, 1.165) is 0 Å². The summed E-state index contributed by atoms with van der Waals surface area (Å²) in [5, 5.41) is 26.1. The van der Waals surface area contributed by atoms with Gasteiger partial charge in [0.15, 0.2) is 0 Å². The Morgan fingerprint density at radius 3 is 2.33 bits per heavy atom. The van der Waals surface area contributed by atoms with Gasteiger partial charge in [0.05, 0.1) is 18.8 Å². The summed E-state index contributed by atoms with van der Waals surface area (Å²) >= 11 is 0. The summed E-state index contributed by atoms with van der Waals surface area (Å²) in [4.78, 5) is 61.6. The van der Waals surface area contributed by atoms with Crippen LogP contribution in [-0.4, -0.2) is 67.7 Å². The molecule has 14 nitrogen and oxygen atoms in total. The molecule has 0 saturated heterocycles. The largest absolute Gasteiger partial charge is 0.392 e. The summed E-state index contributed by atoms with van der Waals surface area (Å²) in [6.45, 7) is 4.37. The summed E-state index contributed by atoms with van der Waals surface area (Å²) in [6, 6.07) is 4.93. The van der Waals surface area contributed by atoms with Gasteiger partial charge in [-0.3, -0.25) is 24.1 Å². The average Bonchev–Trinajstić information content (AvgIpc) is 3.57. The molecule has 2 aromatic rings. The summed E-state index contributed by atoms with van der Waals surface area (Å²) in [5.41, 5.74) is 6.91. The molecule has 1 unspecified atom stereocenters. The maximum absolute atomic E-state index is 13.3. The lowest BCUT2D eigenvalue weighted by Gasteiger charge is -2.20. The smallest absolute Gasteiger partial charge is 0.312 e. The maximum atomic E-state index is 13.3. The van der Waals surface area contributed by atoms with Crippen LogP contribution in [0.5, 0.6) is 0 Å². The Balaban J connectivity index is 1.60. The Kier molecular flexibility index (Phi) is 12.4. The molecule has 0 radical (unpaired) electrons. The second-order valence-electron chi connectivity index (χ2n) is 10.7. The first-order valence-corrected chi connectivity index (χ1v) is 14.4. The zero-order chi connectivity index (χ0) is 31.4. The summed E-state index contributed by atoms with van der Waals surface area (Å²) in [5.74, 6) is -1.15. The van der Waals surface area contributed by atoms with Gasteiger partial charge in [0.1, 0.15) is 11.7 Å². The van der Waals surface area contributed by atoms with Crippen molar-refractivity contribution in [1.29, 1.82) is 0 Å². The van der Waals surface area contributed by atoms with Gasteiger partial charge in [-0.1, -0.05) is 37.6 Å². The van der Waals surface area contributed by atoms with Crippen LogP contribution in [0.15, 0.2) is 42.6 Å². The van der Waals surface area contributed by atoms with Gasteiger partial charge < -0.3 is 26.8 Å². The second-order valence-corrected chi connectivity index (χ2v) is 10.7. The number of amides is 6. The normalized spacial score (nSPS) is 14.2. The van der Waals surface area contributed by atoms with Gasteiger partial charge in [-0.15, -0.1) is 5.10 Å². The molecule has 3 rings (SSSR count).